The van der Waals surface area contributed by atoms with Crippen LogP contribution in [-0.2, 0) is 4.79 Å². The number of carbonyl (C=O) groups excluding carboxylic acids is 1. The molecule has 3 nitrogen and oxygen atoms in total. The summed E-state index contributed by atoms with van der Waals surface area (Å²) < 4.78 is 0. The highest BCUT2D eigenvalue weighted by atomic mass is 16.2. The Morgan fingerprint density at radius 3 is 2.52 bits per heavy atom. The Morgan fingerprint density at radius 1 is 1.19 bits per heavy atom. The van der Waals surface area contributed by atoms with E-state index in [-0.39, 0.29) is 5.91 Å². The van der Waals surface area contributed by atoms with Crippen LogP contribution in [0.2, 0.25) is 0 Å². The first kappa shape index (κ1) is 14.6. The summed E-state index contributed by atoms with van der Waals surface area (Å²) in [5.41, 5.74) is 7.18. The topological polar surface area (TPSA) is 46.3 Å². The second kappa shape index (κ2) is 5.80. The van der Waals surface area contributed by atoms with Crippen molar-refractivity contribution >= 4 is 5.91 Å². The average Bonchev–Trinajstić information content (AvgIpc) is 2.90. The average molecular weight is 286 g/mol. The van der Waals surface area contributed by atoms with Crippen molar-refractivity contribution in [1.29, 1.82) is 0 Å². The molecule has 0 aromatic heterocycles. The van der Waals surface area contributed by atoms with Gasteiger partial charge in [-0.3, -0.25) is 4.79 Å². The molecule has 2 N–H and O–H groups in total. The van der Waals surface area contributed by atoms with E-state index in [4.69, 9.17) is 5.73 Å². The van der Waals surface area contributed by atoms with Crippen molar-refractivity contribution in [2.24, 2.45) is 5.73 Å². The van der Waals surface area contributed by atoms with Gasteiger partial charge in [0.25, 0.3) is 0 Å². The van der Waals surface area contributed by atoms with Gasteiger partial charge in [0.1, 0.15) is 0 Å². The Morgan fingerprint density at radius 2 is 1.86 bits per heavy atom. The molecule has 1 aromatic rings. The summed E-state index contributed by atoms with van der Waals surface area (Å²) in [6, 6.07) is 10.8. The third-order valence-corrected chi connectivity index (χ3v) is 5.28. The molecule has 114 valence electrons. The fraction of sp³-hybridized carbons (Fsp3) is 0.611. The molecule has 0 bridgehead atoms. The Kier molecular flexibility index (Phi) is 4.03. The SMILES string of the molecule is CC1CC(c2ccccc2)CN1C(=O)C1(N)CCCCC1. The van der Waals surface area contributed by atoms with Gasteiger partial charge in [-0.05, 0) is 31.7 Å². The fourth-order valence-corrected chi connectivity index (χ4v) is 3.96. The number of likely N-dealkylation sites (tertiary alicyclic amines) is 1. The lowest BCUT2D eigenvalue weighted by Gasteiger charge is -2.37. The van der Waals surface area contributed by atoms with E-state index in [1.54, 1.807) is 0 Å². The third kappa shape index (κ3) is 2.84. The summed E-state index contributed by atoms with van der Waals surface area (Å²) in [7, 11) is 0. The smallest absolute Gasteiger partial charge is 0.242 e. The number of benzene rings is 1. The van der Waals surface area contributed by atoms with Gasteiger partial charge in [0.2, 0.25) is 5.91 Å². The van der Waals surface area contributed by atoms with Gasteiger partial charge in [0.15, 0.2) is 0 Å². The van der Waals surface area contributed by atoms with Crippen molar-refractivity contribution < 1.29 is 4.79 Å². The standard InChI is InChI=1S/C18H26N2O/c1-14-12-16(15-8-4-2-5-9-15)13-20(14)17(21)18(19)10-6-3-7-11-18/h2,4-5,8-9,14,16H,3,6-7,10-13,19H2,1H3. The number of carbonyl (C=O) groups is 1. The Balaban J connectivity index is 1.73. The fourth-order valence-electron chi connectivity index (χ4n) is 3.96. The normalized spacial score (nSPS) is 28.6. The molecule has 2 atom stereocenters. The van der Waals surface area contributed by atoms with Crippen molar-refractivity contribution in [3.05, 3.63) is 35.9 Å². The first-order valence-corrected chi connectivity index (χ1v) is 8.25. The molecule has 2 unspecified atom stereocenters. The summed E-state index contributed by atoms with van der Waals surface area (Å²) in [4.78, 5) is 15.0. The molecule has 1 saturated carbocycles. The van der Waals surface area contributed by atoms with Crippen molar-refractivity contribution in [2.75, 3.05) is 6.54 Å². The molecule has 0 radical (unpaired) electrons. The van der Waals surface area contributed by atoms with E-state index in [0.717, 1.165) is 38.6 Å². The van der Waals surface area contributed by atoms with Gasteiger partial charge in [-0.15, -0.1) is 0 Å². The molecule has 1 saturated heterocycles. The van der Waals surface area contributed by atoms with Gasteiger partial charge in [0.05, 0.1) is 5.54 Å². The van der Waals surface area contributed by atoms with Crippen molar-refractivity contribution in [2.45, 2.75) is 62.9 Å². The highest BCUT2D eigenvalue weighted by Gasteiger charge is 2.43. The minimum atomic E-state index is -0.599. The van der Waals surface area contributed by atoms with Crippen LogP contribution in [0.1, 0.15) is 56.9 Å². The second-order valence-electron chi connectivity index (χ2n) is 6.87. The molecule has 21 heavy (non-hydrogen) atoms. The number of nitrogens with zero attached hydrogens (tertiary/aromatic N) is 1. The molecule has 1 aromatic carbocycles. The van der Waals surface area contributed by atoms with Crippen LogP contribution in [0.25, 0.3) is 0 Å². The van der Waals surface area contributed by atoms with Crippen molar-refractivity contribution in [3.63, 3.8) is 0 Å². The number of hydrogen-bond donors (Lipinski definition) is 1. The van der Waals surface area contributed by atoms with E-state index in [1.165, 1.54) is 12.0 Å². The van der Waals surface area contributed by atoms with Crippen LogP contribution in [0, 0.1) is 0 Å². The molecule has 1 amide bonds. The number of hydrogen-bond acceptors (Lipinski definition) is 2. The minimum Gasteiger partial charge on any atom is -0.338 e. The van der Waals surface area contributed by atoms with E-state index in [9.17, 15) is 4.79 Å². The molecule has 1 aliphatic heterocycles. The Hall–Kier alpha value is -1.35. The monoisotopic (exact) mass is 286 g/mol. The Bertz CT molecular complexity index is 493. The van der Waals surface area contributed by atoms with Crippen LogP contribution in [0.5, 0.6) is 0 Å². The van der Waals surface area contributed by atoms with Crippen LogP contribution >= 0.6 is 0 Å². The Labute approximate surface area is 127 Å². The van der Waals surface area contributed by atoms with Crippen LogP contribution in [0.3, 0.4) is 0 Å². The lowest BCUT2D eigenvalue weighted by molar-refractivity contribution is -0.138. The molecule has 1 heterocycles. The molecular formula is C18H26N2O. The summed E-state index contributed by atoms with van der Waals surface area (Å²) in [5.74, 6) is 0.644. The van der Waals surface area contributed by atoms with E-state index in [2.05, 4.69) is 31.2 Å². The zero-order valence-electron chi connectivity index (χ0n) is 12.9. The summed E-state index contributed by atoms with van der Waals surface area (Å²) in [5, 5.41) is 0. The highest BCUT2D eigenvalue weighted by Crippen LogP contribution is 2.35. The first-order valence-electron chi connectivity index (χ1n) is 8.25. The second-order valence-corrected chi connectivity index (χ2v) is 6.87. The molecule has 0 spiro atoms. The lowest BCUT2D eigenvalue weighted by atomic mass is 9.81. The zero-order valence-corrected chi connectivity index (χ0v) is 12.9. The zero-order chi connectivity index (χ0) is 14.9. The predicted molar refractivity (Wildman–Crippen MR) is 85.0 cm³/mol. The van der Waals surface area contributed by atoms with Crippen LogP contribution < -0.4 is 5.73 Å². The maximum absolute atomic E-state index is 12.9. The molecule has 2 aliphatic rings. The number of rotatable bonds is 2. The van der Waals surface area contributed by atoms with Crippen LogP contribution in [0.15, 0.2) is 30.3 Å². The van der Waals surface area contributed by atoms with Gasteiger partial charge in [0, 0.05) is 18.5 Å². The van der Waals surface area contributed by atoms with Gasteiger partial charge < -0.3 is 10.6 Å². The van der Waals surface area contributed by atoms with E-state index in [1.807, 2.05) is 11.0 Å². The van der Waals surface area contributed by atoms with Gasteiger partial charge >= 0.3 is 0 Å². The summed E-state index contributed by atoms with van der Waals surface area (Å²) in [6.07, 6.45) is 6.15. The summed E-state index contributed by atoms with van der Waals surface area (Å²) >= 11 is 0. The maximum Gasteiger partial charge on any atom is 0.242 e. The largest absolute Gasteiger partial charge is 0.338 e. The molecule has 3 rings (SSSR count). The highest BCUT2D eigenvalue weighted by molar-refractivity contribution is 5.86. The van der Waals surface area contributed by atoms with Gasteiger partial charge in [-0.1, -0.05) is 49.6 Å². The number of nitrogens with two attached hydrogens (primary N) is 1. The predicted octanol–water partition coefficient (Wildman–Crippen LogP) is 3.05. The first-order chi connectivity index (χ1) is 10.1. The summed E-state index contributed by atoms with van der Waals surface area (Å²) in [6.45, 7) is 2.98. The minimum absolute atomic E-state index is 0.188. The van der Waals surface area contributed by atoms with E-state index >= 15 is 0 Å². The molecular weight excluding hydrogens is 260 g/mol. The molecule has 1 aliphatic carbocycles. The number of amides is 1. The molecule has 2 fully saturated rings. The van der Waals surface area contributed by atoms with Crippen LogP contribution in [0.4, 0.5) is 0 Å². The van der Waals surface area contributed by atoms with Gasteiger partial charge in [-0.25, -0.2) is 0 Å². The maximum atomic E-state index is 12.9. The lowest BCUT2D eigenvalue weighted by Crippen LogP contribution is -2.57. The van der Waals surface area contributed by atoms with E-state index in [0.29, 0.717) is 12.0 Å². The van der Waals surface area contributed by atoms with Crippen molar-refractivity contribution in [3.8, 4) is 0 Å². The quantitative estimate of drug-likeness (QED) is 0.908. The van der Waals surface area contributed by atoms with Crippen LogP contribution in [-0.4, -0.2) is 28.9 Å². The van der Waals surface area contributed by atoms with Crippen molar-refractivity contribution in [1.82, 2.24) is 4.90 Å². The molecule has 3 heteroatoms. The van der Waals surface area contributed by atoms with Gasteiger partial charge in [-0.2, -0.15) is 0 Å². The third-order valence-electron chi connectivity index (χ3n) is 5.28. The van der Waals surface area contributed by atoms with E-state index < -0.39 is 5.54 Å².